The van der Waals surface area contributed by atoms with E-state index in [0.29, 0.717) is 23.7 Å². The second-order valence-electron chi connectivity index (χ2n) is 6.79. The number of carbonyl (C=O) groups excluding carboxylic acids is 1. The number of hydrogen-bond acceptors (Lipinski definition) is 2. The zero-order valence-electron chi connectivity index (χ0n) is 10.7. The molecule has 0 aromatic carbocycles. The molecule has 5 heteroatoms. The summed E-state index contributed by atoms with van der Waals surface area (Å²) in [5.41, 5.74) is -2.22. The van der Waals surface area contributed by atoms with Crippen LogP contribution in [-0.2, 0) is 9.59 Å². The Hall–Kier alpha value is -1.13. The first-order chi connectivity index (χ1) is 9.01. The van der Waals surface area contributed by atoms with Crippen LogP contribution in [-0.4, -0.2) is 40.6 Å². The van der Waals surface area contributed by atoms with Crippen LogP contribution < -0.4 is 0 Å². The molecule has 19 heavy (non-hydrogen) atoms. The van der Waals surface area contributed by atoms with Gasteiger partial charge >= 0.3 is 5.97 Å². The normalized spacial score (nSPS) is 50.4. The average molecular weight is 267 g/mol. The summed E-state index contributed by atoms with van der Waals surface area (Å²) in [4.78, 5) is 24.7. The van der Waals surface area contributed by atoms with E-state index in [9.17, 15) is 14.0 Å². The Morgan fingerprint density at radius 2 is 1.84 bits per heavy atom. The summed E-state index contributed by atoms with van der Waals surface area (Å²) >= 11 is 0. The predicted molar refractivity (Wildman–Crippen MR) is 64.0 cm³/mol. The predicted octanol–water partition coefficient (Wildman–Crippen LogP) is 1.30. The number of amides is 1. The van der Waals surface area contributed by atoms with Crippen molar-refractivity contribution in [3.63, 3.8) is 0 Å². The minimum atomic E-state index is -2.22. The van der Waals surface area contributed by atoms with Crippen molar-refractivity contribution in [1.29, 1.82) is 0 Å². The van der Waals surface area contributed by atoms with Crippen molar-refractivity contribution in [3.05, 3.63) is 0 Å². The summed E-state index contributed by atoms with van der Waals surface area (Å²) in [6, 6.07) is 0. The largest absolute Gasteiger partial charge is 0.479 e. The van der Waals surface area contributed by atoms with E-state index in [1.165, 1.54) is 24.2 Å². The van der Waals surface area contributed by atoms with E-state index in [1.807, 2.05) is 0 Å². The van der Waals surface area contributed by atoms with Crippen LogP contribution in [0, 0.1) is 29.6 Å². The van der Waals surface area contributed by atoms with Crippen LogP contribution in [0.4, 0.5) is 4.39 Å². The van der Waals surface area contributed by atoms with Gasteiger partial charge in [-0.05, 0) is 42.9 Å². The van der Waals surface area contributed by atoms with Gasteiger partial charge in [-0.3, -0.25) is 4.79 Å². The number of aliphatic carboxylic acids is 1. The van der Waals surface area contributed by atoms with Gasteiger partial charge in [0.05, 0.1) is 6.54 Å². The molecule has 5 unspecified atom stereocenters. The fourth-order valence-corrected chi connectivity index (χ4v) is 5.00. The molecule has 1 N–H and O–H groups in total. The molecular formula is C14H18FNO3. The molecule has 104 valence electrons. The van der Waals surface area contributed by atoms with Crippen LogP contribution in [0.2, 0.25) is 0 Å². The molecule has 0 radical (unpaired) electrons. The standard InChI is InChI=1S/C14H18FNO3/c15-14(13(18)19)3-4-16(6-14)12(17)11-9-7-1-2-8(5-7)10(9)11/h7-11H,1-6H2,(H,18,19). The Kier molecular flexibility index (Phi) is 2.15. The molecule has 3 saturated carbocycles. The van der Waals surface area contributed by atoms with Crippen molar-refractivity contribution in [2.24, 2.45) is 29.6 Å². The van der Waals surface area contributed by atoms with Crippen LogP contribution in [0.15, 0.2) is 0 Å². The van der Waals surface area contributed by atoms with Crippen molar-refractivity contribution in [2.45, 2.75) is 31.4 Å². The molecule has 1 saturated heterocycles. The van der Waals surface area contributed by atoms with E-state index in [1.54, 1.807) is 0 Å². The Morgan fingerprint density at radius 1 is 1.21 bits per heavy atom. The third-order valence-corrected chi connectivity index (χ3v) is 5.93. The molecule has 3 aliphatic carbocycles. The first-order valence-corrected chi connectivity index (χ1v) is 7.22. The lowest BCUT2D eigenvalue weighted by molar-refractivity contribution is -0.150. The molecule has 4 fully saturated rings. The highest BCUT2D eigenvalue weighted by atomic mass is 19.1. The summed E-state index contributed by atoms with van der Waals surface area (Å²) in [6.45, 7) is -0.000648. The van der Waals surface area contributed by atoms with E-state index < -0.39 is 11.6 Å². The van der Waals surface area contributed by atoms with Crippen molar-refractivity contribution < 1.29 is 19.1 Å². The van der Waals surface area contributed by atoms with Crippen LogP contribution >= 0.6 is 0 Å². The minimum absolute atomic E-state index is 0.0207. The zero-order chi connectivity index (χ0) is 13.4. The van der Waals surface area contributed by atoms with Crippen molar-refractivity contribution in [2.75, 3.05) is 13.1 Å². The lowest BCUT2D eigenvalue weighted by Gasteiger charge is -2.19. The van der Waals surface area contributed by atoms with Gasteiger partial charge in [-0.25, -0.2) is 9.18 Å². The fraction of sp³-hybridized carbons (Fsp3) is 0.857. The summed E-state index contributed by atoms with van der Waals surface area (Å²) in [5.74, 6) is 1.16. The quantitative estimate of drug-likeness (QED) is 0.820. The number of carbonyl (C=O) groups is 2. The first-order valence-electron chi connectivity index (χ1n) is 7.22. The second-order valence-corrected chi connectivity index (χ2v) is 6.79. The van der Waals surface area contributed by atoms with Gasteiger partial charge in [-0.1, -0.05) is 0 Å². The lowest BCUT2D eigenvalue weighted by atomic mass is 10.0. The molecule has 1 amide bonds. The van der Waals surface area contributed by atoms with Gasteiger partial charge in [0.1, 0.15) is 0 Å². The molecule has 4 rings (SSSR count). The van der Waals surface area contributed by atoms with E-state index >= 15 is 0 Å². The molecule has 0 aromatic rings. The molecule has 4 nitrogen and oxygen atoms in total. The third kappa shape index (κ3) is 1.44. The van der Waals surface area contributed by atoms with E-state index in [0.717, 1.165) is 0 Å². The molecule has 1 heterocycles. The zero-order valence-corrected chi connectivity index (χ0v) is 10.7. The Bertz CT molecular complexity index is 452. The Balaban J connectivity index is 1.45. The summed E-state index contributed by atoms with van der Waals surface area (Å²) in [5, 5.41) is 8.87. The molecular weight excluding hydrogens is 249 g/mol. The molecule has 1 aliphatic heterocycles. The maximum Gasteiger partial charge on any atom is 0.343 e. The topological polar surface area (TPSA) is 57.6 Å². The smallest absolute Gasteiger partial charge is 0.343 e. The van der Waals surface area contributed by atoms with Gasteiger partial charge in [0, 0.05) is 18.9 Å². The molecule has 0 spiro atoms. The lowest BCUT2D eigenvalue weighted by Crippen LogP contribution is -2.39. The fourth-order valence-electron chi connectivity index (χ4n) is 5.00. The van der Waals surface area contributed by atoms with Gasteiger partial charge in [-0.15, -0.1) is 0 Å². The van der Waals surface area contributed by atoms with Gasteiger partial charge in [0.25, 0.3) is 0 Å². The van der Waals surface area contributed by atoms with Crippen LogP contribution in [0.3, 0.4) is 0 Å². The first kappa shape index (κ1) is 11.7. The Labute approximate surface area is 111 Å². The van der Waals surface area contributed by atoms with Crippen molar-refractivity contribution in [3.8, 4) is 0 Å². The minimum Gasteiger partial charge on any atom is -0.479 e. The molecule has 2 bridgehead atoms. The number of fused-ring (bicyclic) bond motifs is 5. The maximum absolute atomic E-state index is 14.0. The number of rotatable bonds is 2. The van der Waals surface area contributed by atoms with Gasteiger partial charge in [0.2, 0.25) is 11.6 Å². The summed E-state index contributed by atoms with van der Waals surface area (Å²) in [7, 11) is 0. The number of hydrogen-bond donors (Lipinski definition) is 1. The number of likely N-dealkylation sites (tertiary alicyclic amines) is 1. The highest BCUT2D eigenvalue weighted by Crippen LogP contribution is 2.69. The summed E-state index contributed by atoms with van der Waals surface area (Å²) < 4.78 is 14.0. The van der Waals surface area contributed by atoms with E-state index in [2.05, 4.69) is 0 Å². The Morgan fingerprint density at radius 3 is 2.37 bits per heavy atom. The third-order valence-electron chi connectivity index (χ3n) is 5.93. The van der Waals surface area contributed by atoms with Crippen LogP contribution in [0.25, 0.3) is 0 Å². The maximum atomic E-state index is 14.0. The van der Waals surface area contributed by atoms with Crippen LogP contribution in [0.1, 0.15) is 25.7 Å². The molecule has 0 aromatic heterocycles. The average Bonchev–Trinajstić information content (AvgIpc) is 2.74. The van der Waals surface area contributed by atoms with Gasteiger partial charge in [0.15, 0.2) is 0 Å². The second kappa shape index (κ2) is 3.49. The van der Waals surface area contributed by atoms with Crippen molar-refractivity contribution in [1.82, 2.24) is 4.90 Å². The van der Waals surface area contributed by atoms with Crippen LogP contribution in [0.5, 0.6) is 0 Å². The molecule has 4 aliphatic rings. The SMILES string of the molecule is O=C(C1C2C3CCC(C3)C12)N1CCC(F)(C(=O)O)C1. The van der Waals surface area contributed by atoms with Gasteiger partial charge < -0.3 is 10.0 Å². The number of alkyl halides is 1. The van der Waals surface area contributed by atoms with E-state index in [-0.39, 0.29) is 31.3 Å². The highest BCUT2D eigenvalue weighted by Gasteiger charge is 2.68. The number of halogens is 1. The highest BCUT2D eigenvalue weighted by molar-refractivity contribution is 5.86. The monoisotopic (exact) mass is 267 g/mol. The molecule has 5 atom stereocenters. The van der Waals surface area contributed by atoms with Crippen molar-refractivity contribution >= 4 is 11.9 Å². The van der Waals surface area contributed by atoms with E-state index in [4.69, 9.17) is 5.11 Å². The number of carboxylic acids is 1. The van der Waals surface area contributed by atoms with Gasteiger partial charge in [-0.2, -0.15) is 0 Å². The number of carboxylic acid groups (broad SMARTS) is 1. The number of nitrogens with zero attached hydrogens (tertiary/aromatic N) is 1. The summed E-state index contributed by atoms with van der Waals surface area (Å²) in [6.07, 6.45) is 3.71.